The first-order valence-electron chi connectivity index (χ1n) is 11.0. The number of hydrogen-bond acceptors (Lipinski definition) is 7. The Hall–Kier alpha value is -3.66. The molecule has 2 aromatic carbocycles. The summed E-state index contributed by atoms with van der Waals surface area (Å²) < 4.78 is 12.4. The molecule has 2 aliphatic heterocycles. The van der Waals surface area contributed by atoms with Crippen molar-refractivity contribution in [2.24, 2.45) is 0 Å². The van der Waals surface area contributed by atoms with Gasteiger partial charge in [0.2, 0.25) is 5.91 Å². The summed E-state index contributed by atoms with van der Waals surface area (Å²) in [6.07, 6.45) is 0.761. The van der Waals surface area contributed by atoms with Gasteiger partial charge in [0.05, 0.1) is 30.0 Å². The zero-order valence-corrected chi connectivity index (χ0v) is 19.7. The Bertz CT molecular complexity index is 1260. The summed E-state index contributed by atoms with van der Waals surface area (Å²) in [6.45, 7) is 2.63. The second kappa shape index (κ2) is 8.60. The van der Waals surface area contributed by atoms with E-state index in [1.54, 1.807) is 32.2 Å². The Morgan fingerprint density at radius 2 is 1.94 bits per heavy atom. The van der Waals surface area contributed by atoms with E-state index in [4.69, 9.17) is 9.47 Å². The number of carbonyl (C=O) groups is 3. The van der Waals surface area contributed by atoms with Crippen LogP contribution < -0.4 is 14.8 Å². The molecule has 4 amide bonds. The van der Waals surface area contributed by atoms with E-state index in [2.05, 4.69) is 10.3 Å². The molecule has 3 heterocycles. The first-order chi connectivity index (χ1) is 16.3. The van der Waals surface area contributed by atoms with Gasteiger partial charge in [-0.2, -0.15) is 0 Å². The fraction of sp³-hybridized carbons (Fsp3) is 0.333. The monoisotopic (exact) mass is 480 g/mol. The number of nitrogens with zero attached hydrogens (tertiary/aromatic N) is 3. The number of aromatic nitrogens is 1. The van der Waals surface area contributed by atoms with Crippen LogP contribution in [0.3, 0.4) is 0 Å². The lowest BCUT2D eigenvalue weighted by Gasteiger charge is -2.24. The molecule has 9 nitrogen and oxygen atoms in total. The Labute approximate surface area is 200 Å². The summed E-state index contributed by atoms with van der Waals surface area (Å²) in [5.41, 5.74) is 0.129. The summed E-state index contributed by atoms with van der Waals surface area (Å²) >= 11 is 1.51. The standard InChI is InChI=1S/C24H24N4O5S/c1-24(15-8-9-17-18(12-15)33-11-5-10-32-17)22(30)28(23(31)26-24)14-21(29)27(2)13-20-25-16-6-3-4-7-19(16)34-20/h3-4,6-9,12H,5,10-11,13-14H2,1-2H3,(H,26,31)/t24-/m1/s1. The van der Waals surface area contributed by atoms with Crippen LogP contribution in [-0.4, -0.2) is 59.4 Å². The summed E-state index contributed by atoms with van der Waals surface area (Å²) in [5, 5.41) is 3.52. The molecular formula is C24H24N4O5S. The molecule has 2 aliphatic rings. The van der Waals surface area contributed by atoms with E-state index >= 15 is 0 Å². The van der Waals surface area contributed by atoms with Gasteiger partial charge in [0.25, 0.3) is 5.91 Å². The quantitative estimate of drug-likeness (QED) is 0.564. The van der Waals surface area contributed by atoms with Crippen LogP contribution >= 0.6 is 11.3 Å². The van der Waals surface area contributed by atoms with Gasteiger partial charge in [-0.3, -0.25) is 14.5 Å². The van der Waals surface area contributed by atoms with Gasteiger partial charge in [-0.05, 0) is 36.8 Å². The molecule has 0 radical (unpaired) electrons. The first kappa shape index (κ1) is 22.1. The van der Waals surface area contributed by atoms with Gasteiger partial charge in [0, 0.05) is 13.5 Å². The highest BCUT2D eigenvalue weighted by Crippen LogP contribution is 2.36. The minimum atomic E-state index is -1.31. The Balaban J connectivity index is 1.30. The normalized spacial score (nSPS) is 19.8. The Morgan fingerprint density at radius 1 is 1.18 bits per heavy atom. The number of ether oxygens (including phenoxy) is 2. The Morgan fingerprint density at radius 3 is 2.74 bits per heavy atom. The number of nitrogens with one attached hydrogen (secondary N) is 1. The Kier molecular flexibility index (Phi) is 5.60. The molecule has 1 atom stereocenters. The van der Waals surface area contributed by atoms with E-state index in [1.165, 1.54) is 16.2 Å². The fourth-order valence-corrected chi connectivity index (χ4v) is 5.07. The first-order valence-corrected chi connectivity index (χ1v) is 11.8. The van der Waals surface area contributed by atoms with E-state index in [-0.39, 0.29) is 12.5 Å². The lowest BCUT2D eigenvalue weighted by molar-refractivity contribution is -0.138. The van der Waals surface area contributed by atoms with E-state index in [9.17, 15) is 14.4 Å². The maximum atomic E-state index is 13.3. The molecule has 3 aromatic rings. The molecule has 1 aromatic heterocycles. The van der Waals surface area contributed by atoms with Crippen molar-refractivity contribution in [1.82, 2.24) is 20.1 Å². The second-order valence-corrected chi connectivity index (χ2v) is 9.60. The van der Waals surface area contributed by atoms with Gasteiger partial charge >= 0.3 is 6.03 Å². The number of benzene rings is 2. The van der Waals surface area contributed by atoms with E-state index in [0.29, 0.717) is 36.8 Å². The highest BCUT2D eigenvalue weighted by molar-refractivity contribution is 7.18. The summed E-state index contributed by atoms with van der Waals surface area (Å²) in [5.74, 6) is 0.285. The van der Waals surface area contributed by atoms with Crippen molar-refractivity contribution in [2.75, 3.05) is 26.8 Å². The molecule has 0 saturated carbocycles. The van der Waals surface area contributed by atoms with Crippen molar-refractivity contribution in [3.8, 4) is 11.5 Å². The molecule has 10 heteroatoms. The van der Waals surface area contributed by atoms with E-state index < -0.39 is 17.5 Å². The molecule has 0 unspecified atom stereocenters. The maximum Gasteiger partial charge on any atom is 0.325 e. The van der Waals surface area contributed by atoms with Crippen LogP contribution in [0.1, 0.15) is 23.9 Å². The number of hydrogen-bond donors (Lipinski definition) is 1. The number of thiazole rings is 1. The van der Waals surface area contributed by atoms with Crippen LogP contribution in [-0.2, 0) is 21.7 Å². The van der Waals surface area contributed by atoms with Crippen LogP contribution in [0.2, 0.25) is 0 Å². The fourth-order valence-electron chi connectivity index (χ4n) is 4.05. The number of fused-ring (bicyclic) bond motifs is 2. The molecular weight excluding hydrogens is 456 g/mol. The smallest absolute Gasteiger partial charge is 0.325 e. The van der Waals surface area contributed by atoms with Gasteiger partial charge in [0.15, 0.2) is 11.5 Å². The maximum absolute atomic E-state index is 13.3. The van der Waals surface area contributed by atoms with E-state index in [0.717, 1.165) is 26.5 Å². The number of amides is 4. The molecule has 5 rings (SSSR count). The van der Waals surface area contributed by atoms with Crippen LogP contribution in [0.5, 0.6) is 11.5 Å². The van der Waals surface area contributed by atoms with Crippen LogP contribution in [0, 0.1) is 0 Å². The number of likely N-dealkylation sites (N-methyl/N-ethyl adjacent to an activating group) is 1. The van der Waals surface area contributed by atoms with Gasteiger partial charge in [-0.15, -0.1) is 11.3 Å². The van der Waals surface area contributed by atoms with Crippen LogP contribution in [0.15, 0.2) is 42.5 Å². The zero-order valence-electron chi connectivity index (χ0n) is 18.9. The molecule has 0 bridgehead atoms. The lowest BCUT2D eigenvalue weighted by Crippen LogP contribution is -2.43. The van der Waals surface area contributed by atoms with Gasteiger partial charge in [-0.1, -0.05) is 18.2 Å². The SMILES string of the molecule is CN(Cc1nc2ccccc2s1)C(=O)CN1C(=O)N[C@](C)(c2ccc3c(c2)OCCCO3)C1=O. The third-order valence-corrected chi connectivity index (χ3v) is 7.05. The molecule has 0 aliphatic carbocycles. The molecule has 34 heavy (non-hydrogen) atoms. The van der Waals surface area contributed by atoms with Crippen molar-refractivity contribution in [1.29, 1.82) is 0 Å². The third kappa shape index (κ3) is 3.94. The minimum Gasteiger partial charge on any atom is -0.490 e. The average Bonchev–Trinajstić information content (AvgIpc) is 3.20. The van der Waals surface area contributed by atoms with Crippen molar-refractivity contribution in [2.45, 2.75) is 25.4 Å². The number of rotatable bonds is 5. The highest BCUT2D eigenvalue weighted by atomic mass is 32.1. The average molecular weight is 481 g/mol. The predicted octanol–water partition coefficient (Wildman–Crippen LogP) is 2.88. The summed E-state index contributed by atoms with van der Waals surface area (Å²) in [6, 6.07) is 12.3. The van der Waals surface area contributed by atoms with Crippen LogP contribution in [0.4, 0.5) is 4.79 Å². The predicted molar refractivity (Wildman–Crippen MR) is 126 cm³/mol. The molecule has 1 fully saturated rings. The molecule has 176 valence electrons. The number of imide groups is 1. The minimum absolute atomic E-state index is 0.293. The second-order valence-electron chi connectivity index (χ2n) is 8.48. The summed E-state index contributed by atoms with van der Waals surface area (Å²) in [7, 11) is 1.63. The zero-order chi connectivity index (χ0) is 23.9. The molecule has 1 N–H and O–H groups in total. The molecule has 0 spiro atoms. The summed E-state index contributed by atoms with van der Waals surface area (Å²) in [4.78, 5) is 45.9. The topological polar surface area (TPSA) is 101 Å². The largest absolute Gasteiger partial charge is 0.490 e. The van der Waals surface area contributed by atoms with Crippen molar-refractivity contribution in [3.63, 3.8) is 0 Å². The van der Waals surface area contributed by atoms with Gasteiger partial charge in [0.1, 0.15) is 17.1 Å². The number of urea groups is 1. The lowest BCUT2D eigenvalue weighted by atomic mass is 9.91. The highest BCUT2D eigenvalue weighted by Gasteiger charge is 2.50. The van der Waals surface area contributed by atoms with Crippen LogP contribution in [0.25, 0.3) is 10.2 Å². The van der Waals surface area contributed by atoms with Gasteiger partial charge < -0.3 is 19.7 Å². The number of carbonyl (C=O) groups excluding carboxylic acids is 3. The number of para-hydroxylation sites is 1. The van der Waals surface area contributed by atoms with Gasteiger partial charge in [-0.25, -0.2) is 9.78 Å². The third-order valence-electron chi connectivity index (χ3n) is 6.03. The van der Waals surface area contributed by atoms with E-state index in [1.807, 2.05) is 24.3 Å². The van der Waals surface area contributed by atoms with Crippen molar-refractivity contribution in [3.05, 3.63) is 53.0 Å². The van der Waals surface area contributed by atoms with Crippen molar-refractivity contribution >= 4 is 39.4 Å². The van der Waals surface area contributed by atoms with Crippen molar-refractivity contribution < 1.29 is 23.9 Å². The molecule has 1 saturated heterocycles.